The molecule has 0 aliphatic heterocycles. The highest BCUT2D eigenvalue weighted by Crippen LogP contribution is 2.45. The summed E-state index contributed by atoms with van der Waals surface area (Å²) >= 11 is 13.3. The van der Waals surface area contributed by atoms with Gasteiger partial charge in [0.2, 0.25) is 0 Å². The van der Waals surface area contributed by atoms with Crippen molar-refractivity contribution in [3.63, 3.8) is 0 Å². The predicted molar refractivity (Wildman–Crippen MR) is 70.0 cm³/mol. The zero-order valence-corrected chi connectivity index (χ0v) is 11.1. The monoisotopic (exact) mass is 306 g/mol. The molecule has 0 spiro atoms. The number of thiophene rings is 3. The van der Waals surface area contributed by atoms with Gasteiger partial charge >= 0.3 is 0 Å². The Morgan fingerprint density at radius 3 is 2.54 bits per heavy atom. The Hall–Kier alpha value is 0.450. The molecule has 0 amide bonds. The zero-order chi connectivity index (χ0) is 9.00. The summed E-state index contributed by atoms with van der Waals surface area (Å²) in [6, 6.07) is 4.34. The number of rotatable bonds is 0. The maximum Gasteiger partial charge on any atom is 0.0719 e. The van der Waals surface area contributed by atoms with Gasteiger partial charge in [0, 0.05) is 9.40 Å². The second-order valence-corrected chi connectivity index (χ2v) is 7.98. The van der Waals surface area contributed by atoms with Crippen LogP contribution in [0.1, 0.15) is 0 Å². The van der Waals surface area contributed by atoms with Crippen LogP contribution in [-0.2, 0) is 0 Å². The Labute approximate surface area is 101 Å². The SMILES string of the molecule is Sc1cc2sc3cc(Br)sc3c2s1. The van der Waals surface area contributed by atoms with Crippen molar-refractivity contribution in [3.8, 4) is 0 Å². The predicted octanol–water partition coefficient (Wildman–Crippen LogP) is 5.23. The molecule has 3 aromatic rings. The Morgan fingerprint density at radius 2 is 1.69 bits per heavy atom. The maximum atomic E-state index is 4.36. The van der Waals surface area contributed by atoms with Crippen molar-refractivity contribution in [3.05, 3.63) is 15.9 Å². The van der Waals surface area contributed by atoms with E-state index in [1.807, 2.05) is 11.3 Å². The molecule has 0 saturated heterocycles. The molecular formula is C8H3BrS4. The first-order valence-corrected chi connectivity index (χ1v) is 7.23. The van der Waals surface area contributed by atoms with Gasteiger partial charge in [-0.1, -0.05) is 0 Å². The molecule has 0 bridgehead atoms. The van der Waals surface area contributed by atoms with Crippen LogP contribution in [0.2, 0.25) is 0 Å². The van der Waals surface area contributed by atoms with Gasteiger partial charge in [0.15, 0.2) is 0 Å². The number of fused-ring (bicyclic) bond motifs is 3. The third-order valence-corrected chi connectivity index (χ3v) is 6.26. The van der Waals surface area contributed by atoms with Gasteiger partial charge in [0.05, 0.1) is 17.4 Å². The molecule has 66 valence electrons. The van der Waals surface area contributed by atoms with Gasteiger partial charge in [-0.25, -0.2) is 0 Å². The molecule has 3 aromatic heterocycles. The van der Waals surface area contributed by atoms with E-state index in [2.05, 4.69) is 40.7 Å². The zero-order valence-electron chi connectivity index (χ0n) is 6.20. The molecule has 0 fully saturated rings. The average Bonchev–Trinajstić information content (AvgIpc) is 2.60. The van der Waals surface area contributed by atoms with Crippen molar-refractivity contribution in [2.24, 2.45) is 0 Å². The minimum Gasteiger partial charge on any atom is -0.133 e. The topological polar surface area (TPSA) is 0 Å². The summed E-state index contributed by atoms with van der Waals surface area (Å²) < 4.78 is 7.85. The van der Waals surface area contributed by atoms with Gasteiger partial charge in [0.25, 0.3) is 0 Å². The molecule has 0 aliphatic carbocycles. The van der Waals surface area contributed by atoms with E-state index in [-0.39, 0.29) is 0 Å². The number of hydrogen-bond donors (Lipinski definition) is 1. The van der Waals surface area contributed by atoms with Crippen molar-refractivity contribution < 1.29 is 0 Å². The van der Waals surface area contributed by atoms with Crippen LogP contribution in [0.5, 0.6) is 0 Å². The smallest absolute Gasteiger partial charge is 0.0719 e. The first-order valence-electron chi connectivity index (χ1n) is 3.54. The van der Waals surface area contributed by atoms with Gasteiger partial charge in [-0.15, -0.1) is 46.6 Å². The minimum atomic E-state index is 1.10. The Kier molecular flexibility index (Phi) is 1.99. The fraction of sp³-hybridized carbons (Fsp3) is 0. The molecule has 3 rings (SSSR count). The molecule has 0 atom stereocenters. The van der Waals surface area contributed by atoms with Crippen LogP contribution >= 0.6 is 62.6 Å². The molecule has 0 unspecified atom stereocenters. The lowest BCUT2D eigenvalue weighted by molar-refractivity contribution is 1.83. The summed E-state index contributed by atoms with van der Waals surface area (Å²) in [7, 11) is 0. The van der Waals surface area contributed by atoms with Crippen molar-refractivity contribution in [1.29, 1.82) is 0 Å². The summed E-state index contributed by atoms with van der Waals surface area (Å²) in [4.78, 5) is 0. The highest BCUT2D eigenvalue weighted by atomic mass is 79.9. The summed E-state index contributed by atoms with van der Waals surface area (Å²) in [5.41, 5.74) is 0. The normalized spacial score (nSPS) is 11.8. The van der Waals surface area contributed by atoms with Crippen LogP contribution in [0.4, 0.5) is 0 Å². The molecule has 0 N–H and O–H groups in total. The van der Waals surface area contributed by atoms with Crippen LogP contribution in [0.15, 0.2) is 20.1 Å². The van der Waals surface area contributed by atoms with Gasteiger partial charge in [-0.2, -0.15) is 0 Å². The quantitative estimate of drug-likeness (QED) is 0.540. The van der Waals surface area contributed by atoms with Crippen LogP contribution in [0.3, 0.4) is 0 Å². The number of hydrogen-bond acceptors (Lipinski definition) is 4. The van der Waals surface area contributed by atoms with Crippen LogP contribution < -0.4 is 0 Å². The third kappa shape index (κ3) is 1.29. The lowest BCUT2D eigenvalue weighted by Crippen LogP contribution is -1.40. The highest BCUT2D eigenvalue weighted by Gasteiger charge is 2.10. The molecule has 0 aliphatic rings. The second kappa shape index (κ2) is 2.97. The van der Waals surface area contributed by atoms with Gasteiger partial charge in [0.1, 0.15) is 0 Å². The Balaban J connectivity index is 2.56. The van der Waals surface area contributed by atoms with Crippen molar-refractivity contribution in [2.45, 2.75) is 4.21 Å². The second-order valence-electron chi connectivity index (χ2n) is 2.62. The van der Waals surface area contributed by atoms with Gasteiger partial charge in [-0.05, 0) is 28.1 Å². The van der Waals surface area contributed by atoms with E-state index in [0.717, 1.165) is 4.21 Å². The van der Waals surface area contributed by atoms with Gasteiger partial charge < -0.3 is 0 Å². The minimum absolute atomic E-state index is 1.10. The average molecular weight is 307 g/mol. The lowest BCUT2D eigenvalue weighted by Gasteiger charge is -1.75. The molecule has 5 heteroatoms. The first-order chi connectivity index (χ1) is 6.24. The van der Waals surface area contributed by atoms with E-state index in [4.69, 9.17) is 0 Å². The van der Waals surface area contributed by atoms with E-state index < -0.39 is 0 Å². The molecule has 0 aromatic carbocycles. The molecule has 0 saturated carbocycles. The number of halogens is 1. The molecule has 0 radical (unpaired) electrons. The third-order valence-electron chi connectivity index (χ3n) is 1.78. The van der Waals surface area contributed by atoms with Gasteiger partial charge in [-0.3, -0.25) is 0 Å². The fourth-order valence-electron chi connectivity index (χ4n) is 1.29. The van der Waals surface area contributed by atoms with Crippen molar-refractivity contribution in [1.82, 2.24) is 0 Å². The van der Waals surface area contributed by atoms with Crippen molar-refractivity contribution in [2.75, 3.05) is 0 Å². The summed E-state index contributed by atoms with van der Waals surface area (Å²) in [5, 5.41) is 0. The van der Waals surface area contributed by atoms with E-state index in [9.17, 15) is 0 Å². The maximum absolute atomic E-state index is 4.36. The summed E-state index contributed by atoms with van der Waals surface area (Å²) in [6.45, 7) is 0. The van der Waals surface area contributed by atoms with Crippen LogP contribution in [-0.4, -0.2) is 0 Å². The molecule has 0 nitrogen and oxygen atoms in total. The van der Waals surface area contributed by atoms with E-state index in [1.165, 1.54) is 22.6 Å². The van der Waals surface area contributed by atoms with E-state index in [0.29, 0.717) is 0 Å². The summed E-state index contributed by atoms with van der Waals surface area (Å²) in [5.74, 6) is 0. The van der Waals surface area contributed by atoms with Crippen LogP contribution in [0, 0.1) is 0 Å². The Morgan fingerprint density at radius 1 is 1.00 bits per heavy atom. The largest absolute Gasteiger partial charge is 0.133 e. The fourth-order valence-corrected chi connectivity index (χ4v) is 6.14. The highest BCUT2D eigenvalue weighted by molar-refractivity contribution is 9.11. The van der Waals surface area contributed by atoms with E-state index >= 15 is 0 Å². The van der Waals surface area contributed by atoms with Crippen molar-refractivity contribution >= 4 is 81.4 Å². The first kappa shape index (κ1) is 8.73. The standard InChI is InChI=1S/C8H3BrS4/c9-5-1-3-7(12-5)8-4(11-3)2-6(10)13-8/h1-2,10H. The molecule has 3 heterocycles. The Bertz CT molecular complexity index is 535. The van der Waals surface area contributed by atoms with E-state index in [1.54, 1.807) is 22.7 Å². The lowest BCUT2D eigenvalue weighted by atomic mass is 10.5. The number of thiol groups is 1. The van der Waals surface area contributed by atoms with Crippen LogP contribution in [0.25, 0.3) is 18.8 Å². The summed E-state index contributed by atoms with van der Waals surface area (Å²) in [6.07, 6.45) is 0. The molecule has 13 heavy (non-hydrogen) atoms. The molecular weight excluding hydrogens is 304 g/mol.